The molecule has 4 rings (SSSR count). The van der Waals surface area contributed by atoms with E-state index in [-0.39, 0.29) is 12.0 Å². The quantitative estimate of drug-likeness (QED) is 0.687. The topological polar surface area (TPSA) is 81.3 Å². The molecule has 0 bridgehead atoms. The second-order valence-corrected chi connectivity index (χ2v) is 7.62. The fourth-order valence-corrected chi connectivity index (χ4v) is 3.67. The highest BCUT2D eigenvalue weighted by Crippen LogP contribution is 2.38. The van der Waals surface area contributed by atoms with E-state index in [0.717, 1.165) is 32.2 Å². The summed E-state index contributed by atoms with van der Waals surface area (Å²) in [6.07, 6.45) is 1.65. The molecule has 0 saturated carbocycles. The first kappa shape index (κ1) is 17.9. The molecule has 0 saturated heterocycles. The van der Waals surface area contributed by atoms with E-state index < -0.39 is 0 Å². The van der Waals surface area contributed by atoms with Gasteiger partial charge in [-0.05, 0) is 58.7 Å². The maximum atomic E-state index is 12.9. The van der Waals surface area contributed by atoms with E-state index in [1.54, 1.807) is 24.2 Å². The highest BCUT2D eigenvalue weighted by atomic mass is 79.9. The molecule has 2 N–H and O–H groups in total. The number of anilines is 1. The van der Waals surface area contributed by atoms with Crippen molar-refractivity contribution in [1.29, 1.82) is 0 Å². The molecular weight excluding hydrogens is 408 g/mol. The van der Waals surface area contributed by atoms with Crippen molar-refractivity contribution in [2.45, 2.75) is 26.2 Å². The monoisotopic (exact) mass is 426 g/mol. The molecule has 3 heterocycles. The number of rotatable bonds is 3. The van der Waals surface area contributed by atoms with Crippen LogP contribution in [0.4, 0.5) is 5.82 Å². The number of aromatic nitrogens is 2. The van der Waals surface area contributed by atoms with Crippen LogP contribution in [0.15, 0.2) is 41.0 Å². The Labute approximate surface area is 165 Å². The van der Waals surface area contributed by atoms with Gasteiger partial charge in [-0.3, -0.25) is 9.78 Å². The van der Waals surface area contributed by atoms with Crippen LogP contribution in [0.3, 0.4) is 0 Å². The lowest BCUT2D eigenvalue weighted by Crippen LogP contribution is -2.26. The van der Waals surface area contributed by atoms with E-state index in [1.165, 1.54) is 0 Å². The van der Waals surface area contributed by atoms with Crippen molar-refractivity contribution in [3.05, 3.63) is 63.4 Å². The Kier molecular flexibility index (Phi) is 4.57. The summed E-state index contributed by atoms with van der Waals surface area (Å²) in [5.74, 6) is 0.430. The van der Waals surface area contributed by atoms with E-state index >= 15 is 0 Å². The number of nitrogen functional groups attached to an aromatic ring is 1. The van der Waals surface area contributed by atoms with Crippen LogP contribution < -0.4 is 5.73 Å². The van der Waals surface area contributed by atoms with Crippen LogP contribution in [0.25, 0.3) is 10.9 Å². The van der Waals surface area contributed by atoms with E-state index in [1.807, 2.05) is 31.2 Å². The summed E-state index contributed by atoms with van der Waals surface area (Å²) in [5, 5.41) is 0.921. The average Bonchev–Trinajstić information content (AvgIpc) is 3.05. The van der Waals surface area contributed by atoms with Gasteiger partial charge in [-0.25, -0.2) is 4.98 Å². The van der Waals surface area contributed by atoms with Crippen molar-refractivity contribution in [3.8, 4) is 0 Å². The normalized spacial score (nSPS) is 15.7. The number of nitrogens with two attached hydrogens (primary N) is 1. The highest BCUT2D eigenvalue weighted by Gasteiger charge is 2.26. The van der Waals surface area contributed by atoms with Gasteiger partial charge < -0.3 is 15.4 Å². The second kappa shape index (κ2) is 6.90. The van der Waals surface area contributed by atoms with Gasteiger partial charge in [-0.2, -0.15) is 0 Å². The minimum absolute atomic E-state index is 0.0702. The molecule has 1 aromatic carbocycles. The van der Waals surface area contributed by atoms with Crippen LogP contribution in [0, 0.1) is 0 Å². The van der Waals surface area contributed by atoms with Gasteiger partial charge in [-0.15, -0.1) is 0 Å². The predicted octanol–water partition coefficient (Wildman–Crippen LogP) is 3.84. The predicted molar refractivity (Wildman–Crippen MR) is 107 cm³/mol. The summed E-state index contributed by atoms with van der Waals surface area (Å²) in [6, 6.07) is 9.32. The smallest absolute Gasteiger partial charge is 0.253 e. The van der Waals surface area contributed by atoms with Crippen molar-refractivity contribution < 1.29 is 9.53 Å². The van der Waals surface area contributed by atoms with Gasteiger partial charge in [0.15, 0.2) is 0 Å². The van der Waals surface area contributed by atoms with E-state index in [2.05, 4.69) is 25.9 Å². The third-order valence-corrected chi connectivity index (χ3v) is 5.30. The summed E-state index contributed by atoms with van der Waals surface area (Å²) in [5.41, 5.74) is 10.3. The fraction of sp³-hybridized carbons (Fsp3) is 0.250. The molecule has 1 aliphatic heterocycles. The molecule has 7 heteroatoms. The first-order valence-corrected chi connectivity index (χ1v) is 9.43. The van der Waals surface area contributed by atoms with Gasteiger partial charge in [0.1, 0.15) is 5.82 Å². The van der Waals surface area contributed by atoms with Crippen molar-refractivity contribution in [2.24, 2.45) is 0 Å². The first-order chi connectivity index (χ1) is 12.9. The minimum atomic E-state index is -0.0811. The van der Waals surface area contributed by atoms with Gasteiger partial charge in [0.05, 0.1) is 30.5 Å². The number of amides is 1. The van der Waals surface area contributed by atoms with Crippen molar-refractivity contribution >= 4 is 38.6 Å². The van der Waals surface area contributed by atoms with Crippen molar-refractivity contribution in [2.75, 3.05) is 12.8 Å². The molecule has 27 heavy (non-hydrogen) atoms. The molecule has 2 aromatic heterocycles. The summed E-state index contributed by atoms with van der Waals surface area (Å²) in [7, 11) is 1.77. The van der Waals surface area contributed by atoms with Gasteiger partial charge >= 0.3 is 0 Å². The van der Waals surface area contributed by atoms with E-state index in [4.69, 9.17) is 10.5 Å². The third-order valence-electron chi connectivity index (χ3n) is 4.83. The number of fused-ring (bicyclic) bond motifs is 3. The number of halogens is 1. The molecule has 138 valence electrons. The molecular formula is C20H19BrN4O2. The Bertz CT molecular complexity index is 1040. The number of benzene rings is 1. The van der Waals surface area contributed by atoms with Crippen LogP contribution >= 0.6 is 15.9 Å². The zero-order valence-corrected chi connectivity index (χ0v) is 16.7. The van der Waals surface area contributed by atoms with Crippen LogP contribution in [0.1, 0.15) is 40.2 Å². The van der Waals surface area contributed by atoms with Gasteiger partial charge in [0.2, 0.25) is 0 Å². The molecule has 3 aromatic rings. The molecule has 0 radical (unpaired) electrons. The molecule has 0 aliphatic carbocycles. The summed E-state index contributed by atoms with van der Waals surface area (Å²) in [4.78, 5) is 23.4. The lowest BCUT2D eigenvalue weighted by atomic mass is 10.00. The third kappa shape index (κ3) is 3.28. The molecule has 0 fully saturated rings. The molecule has 6 nitrogen and oxygen atoms in total. The number of hydrogen-bond acceptors (Lipinski definition) is 5. The van der Waals surface area contributed by atoms with Crippen LogP contribution in [0.2, 0.25) is 0 Å². The first-order valence-electron chi connectivity index (χ1n) is 8.63. The Morgan fingerprint density at radius 3 is 2.93 bits per heavy atom. The van der Waals surface area contributed by atoms with Gasteiger partial charge in [0.25, 0.3) is 5.91 Å². The molecule has 1 amide bonds. The Balaban J connectivity index is 1.66. The maximum absolute atomic E-state index is 12.9. The zero-order chi connectivity index (χ0) is 19.1. The van der Waals surface area contributed by atoms with Crippen LogP contribution in [0.5, 0.6) is 0 Å². The van der Waals surface area contributed by atoms with E-state index in [9.17, 15) is 4.79 Å². The van der Waals surface area contributed by atoms with Crippen molar-refractivity contribution in [3.63, 3.8) is 0 Å². The maximum Gasteiger partial charge on any atom is 0.253 e. The number of carbonyl (C=O) groups is 1. The van der Waals surface area contributed by atoms with Crippen LogP contribution in [-0.2, 0) is 17.9 Å². The molecule has 0 spiro atoms. The summed E-state index contributed by atoms with van der Waals surface area (Å²) < 4.78 is 6.63. The molecule has 0 unspecified atom stereocenters. The number of pyridine rings is 2. The lowest BCUT2D eigenvalue weighted by Gasteiger charge is -2.17. The summed E-state index contributed by atoms with van der Waals surface area (Å²) >= 11 is 3.37. The molecule has 1 aliphatic rings. The number of ether oxygens (including phenoxy) is 1. The number of carbonyl (C=O) groups excluding carboxylic acids is 1. The Morgan fingerprint density at radius 2 is 2.19 bits per heavy atom. The fourth-order valence-electron chi connectivity index (χ4n) is 3.43. The van der Waals surface area contributed by atoms with E-state index in [0.29, 0.717) is 24.5 Å². The van der Waals surface area contributed by atoms with Crippen LogP contribution in [-0.4, -0.2) is 27.8 Å². The average molecular weight is 427 g/mol. The largest absolute Gasteiger partial charge is 0.383 e. The zero-order valence-electron chi connectivity index (χ0n) is 15.1. The Morgan fingerprint density at radius 1 is 1.37 bits per heavy atom. The standard InChI is InChI=1S/C20H19BrN4O2/c1-11-18-16(10-27-11)15-7-12(3-6-17(15)24-19(18)22)20(26)25(2)9-14-5-4-13(21)8-23-14/h3-8,11H,9-10H2,1-2H3,(H2,22,24)/t11-/m1/s1. The molecule has 1 atom stereocenters. The number of hydrogen-bond donors (Lipinski definition) is 1. The van der Waals surface area contributed by atoms with Gasteiger partial charge in [0, 0.05) is 34.2 Å². The SMILES string of the molecule is C[C@H]1OCc2c1c(N)nc1ccc(C(=O)N(C)Cc3ccc(Br)cn3)cc21. The minimum Gasteiger partial charge on any atom is -0.383 e. The second-order valence-electron chi connectivity index (χ2n) is 6.70. The van der Waals surface area contributed by atoms with Gasteiger partial charge in [-0.1, -0.05) is 0 Å². The highest BCUT2D eigenvalue weighted by molar-refractivity contribution is 9.10. The lowest BCUT2D eigenvalue weighted by molar-refractivity contribution is 0.0782. The van der Waals surface area contributed by atoms with Crippen molar-refractivity contribution in [1.82, 2.24) is 14.9 Å². The Hall–Kier alpha value is -2.51. The summed E-state index contributed by atoms with van der Waals surface area (Å²) in [6.45, 7) is 2.88. The number of nitrogens with zero attached hydrogens (tertiary/aromatic N) is 3.